The fraction of sp³-hybridized carbons (Fsp3) is 0.300. The summed E-state index contributed by atoms with van der Waals surface area (Å²) in [6.45, 7) is -1.75. The number of ether oxygens (including phenoxy) is 3. The average molecular weight is 484 g/mol. The van der Waals surface area contributed by atoms with Crippen molar-refractivity contribution in [1.82, 2.24) is 0 Å². The summed E-state index contributed by atoms with van der Waals surface area (Å²) in [4.78, 5) is 24.2. The zero-order valence-electron chi connectivity index (χ0n) is 17.0. The molecule has 0 spiro atoms. The molecule has 1 fully saturated rings. The number of aliphatic hydroxyl groups is 3. The average Bonchev–Trinajstić information content (AvgIpc) is 3.00. The normalized spacial score (nSPS) is 24.0. The number of phenolic OH excluding ortho intramolecular Hbond substituents is 6. The van der Waals surface area contributed by atoms with Crippen LogP contribution >= 0.6 is 0 Å². The molecule has 0 amide bonds. The number of hydrogen-bond donors (Lipinski definition) is 9. The minimum atomic E-state index is -2.57. The highest BCUT2D eigenvalue weighted by atomic mass is 16.7. The third-order valence-corrected chi connectivity index (χ3v) is 5.02. The van der Waals surface area contributed by atoms with E-state index in [4.69, 9.17) is 14.2 Å². The summed E-state index contributed by atoms with van der Waals surface area (Å²) in [6.07, 6.45) is -5.53. The first-order valence-corrected chi connectivity index (χ1v) is 9.43. The molecule has 0 bridgehead atoms. The molecule has 184 valence electrons. The van der Waals surface area contributed by atoms with Gasteiger partial charge in [-0.05, 0) is 24.3 Å². The molecule has 9 N–H and O–H groups in total. The maximum Gasteiger partial charge on any atom is 0.338 e. The van der Waals surface area contributed by atoms with Gasteiger partial charge in [0.05, 0.1) is 11.1 Å². The molecule has 1 heterocycles. The summed E-state index contributed by atoms with van der Waals surface area (Å²) in [5.41, 5.74) is -3.36. The minimum Gasteiger partial charge on any atom is -0.504 e. The Morgan fingerprint density at radius 3 is 1.65 bits per heavy atom. The number of rotatable bonds is 6. The van der Waals surface area contributed by atoms with Gasteiger partial charge in [0.2, 0.25) is 0 Å². The third kappa shape index (κ3) is 4.55. The maximum absolute atomic E-state index is 12.1. The number of carbonyl (C=O) groups is 2. The van der Waals surface area contributed by atoms with Crippen molar-refractivity contribution in [2.45, 2.75) is 24.1 Å². The summed E-state index contributed by atoms with van der Waals surface area (Å²) >= 11 is 0. The Labute approximate surface area is 189 Å². The quantitative estimate of drug-likeness (QED) is 0.172. The van der Waals surface area contributed by atoms with Crippen LogP contribution in [0.1, 0.15) is 20.7 Å². The molecule has 2 aromatic rings. The van der Waals surface area contributed by atoms with E-state index in [9.17, 15) is 55.5 Å². The second kappa shape index (κ2) is 9.11. The highest BCUT2D eigenvalue weighted by Crippen LogP contribution is 2.37. The lowest BCUT2D eigenvalue weighted by Gasteiger charge is -2.27. The minimum absolute atomic E-state index is 0.370. The Morgan fingerprint density at radius 1 is 0.794 bits per heavy atom. The van der Waals surface area contributed by atoms with E-state index in [0.29, 0.717) is 0 Å². The summed E-state index contributed by atoms with van der Waals surface area (Å²) < 4.78 is 14.6. The first-order chi connectivity index (χ1) is 15.8. The van der Waals surface area contributed by atoms with Crippen LogP contribution in [-0.4, -0.2) is 95.2 Å². The predicted octanol–water partition coefficient (Wildman–Crippen LogP) is -1.26. The van der Waals surface area contributed by atoms with Gasteiger partial charge in [0.25, 0.3) is 0 Å². The monoisotopic (exact) mass is 484 g/mol. The summed E-state index contributed by atoms with van der Waals surface area (Å²) in [5, 5.41) is 87.4. The van der Waals surface area contributed by atoms with E-state index in [-0.39, 0.29) is 5.56 Å². The Hall–Kier alpha value is -3.98. The fourth-order valence-corrected chi connectivity index (χ4v) is 3.06. The van der Waals surface area contributed by atoms with Gasteiger partial charge in [-0.3, -0.25) is 0 Å². The molecule has 4 atom stereocenters. The van der Waals surface area contributed by atoms with E-state index in [2.05, 4.69) is 0 Å². The second-order valence-electron chi connectivity index (χ2n) is 7.36. The molecular weight excluding hydrogens is 464 g/mol. The summed E-state index contributed by atoms with van der Waals surface area (Å²) in [7, 11) is 0. The zero-order chi connectivity index (χ0) is 25.4. The molecule has 0 aliphatic carbocycles. The van der Waals surface area contributed by atoms with Crippen LogP contribution in [0.5, 0.6) is 34.5 Å². The SMILES string of the molecule is O=C(OC[C@H]1O[C@@H](O)[C@@](O)(COC(=O)c2cc(O)c(O)c(O)c2)[C@H]1O)c1cc(O)c(O)c(O)c1. The molecule has 0 saturated carbocycles. The van der Waals surface area contributed by atoms with E-state index < -0.39 is 89.3 Å². The molecule has 14 heteroatoms. The molecule has 1 saturated heterocycles. The molecular formula is C20H20O14. The van der Waals surface area contributed by atoms with Gasteiger partial charge in [0.1, 0.15) is 25.4 Å². The van der Waals surface area contributed by atoms with Gasteiger partial charge in [0.15, 0.2) is 46.4 Å². The first kappa shape index (κ1) is 24.7. The molecule has 2 aromatic carbocycles. The van der Waals surface area contributed by atoms with Crippen LogP contribution in [0.3, 0.4) is 0 Å². The smallest absolute Gasteiger partial charge is 0.338 e. The largest absolute Gasteiger partial charge is 0.504 e. The molecule has 34 heavy (non-hydrogen) atoms. The molecule has 0 unspecified atom stereocenters. The zero-order valence-corrected chi connectivity index (χ0v) is 17.0. The number of esters is 2. The first-order valence-electron chi connectivity index (χ1n) is 9.43. The van der Waals surface area contributed by atoms with E-state index in [1.54, 1.807) is 0 Å². The van der Waals surface area contributed by atoms with E-state index in [0.717, 1.165) is 24.3 Å². The van der Waals surface area contributed by atoms with Crippen LogP contribution in [0.2, 0.25) is 0 Å². The van der Waals surface area contributed by atoms with Crippen LogP contribution in [-0.2, 0) is 14.2 Å². The number of phenols is 6. The van der Waals surface area contributed by atoms with E-state index in [1.165, 1.54) is 0 Å². The Kier molecular flexibility index (Phi) is 6.60. The van der Waals surface area contributed by atoms with Crippen LogP contribution in [0.4, 0.5) is 0 Å². The lowest BCUT2D eigenvalue weighted by atomic mass is 9.96. The second-order valence-corrected chi connectivity index (χ2v) is 7.36. The number of carbonyl (C=O) groups excluding carboxylic acids is 2. The lowest BCUT2D eigenvalue weighted by Crippen LogP contribution is -2.52. The van der Waals surface area contributed by atoms with Crippen molar-refractivity contribution in [3.8, 4) is 34.5 Å². The van der Waals surface area contributed by atoms with Gasteiger partial charge in [-0.2, -0.15) is 0 Å². The predicted molar refractivity (Wildman–Crippen MR) is 105 cm³/mol. The van der Waals surface area contributed by atoms with Crippen LogP contribution in [0, 0.1) is 0 Å². The number of benzene rings is 2. The summed E-state index contributed by atoms with van der Waals surface area (Å²) in [5.74, 6) is -7.31. The van der Waals surface area contributed by atoms with Gasteiger partial charge in [-0.1, -0.05) is 0 Å². The standard InChI is InChI=1S/C20H20O14/c21-9-1-7(2-10(22)14(9)25)17(28)32-5-13-16(27)20(31,19(30)34-13)6-33-18(29)8-3-11(23)15(26)12(24)4-8/h1-4,13,16,19,21-27,30-31H,5-6H2/t13-,16+,19-,20-/m1/s1. The molecule has 3 rings (SSSR count). The van der Waals surface area contributed by atoms with Crippen molar-refractivity contribution in [2.75, 3.05) is 13.2 Å². The molecule has 1 aliphatic rings. The molecule has 0 aromatic heterocycles. The van der Waals surface area contributed by atoms with Crippen molar-refractivity contribution in [2.24, 2.45) is 0 Å². The molecule has 1 aliphatic heterocycles. The van der Waals surface area contributed by atoms with Gasteiger partial charge >= 0.3 is 11.9 Å². The van der Waals surface area contributed by atoms with Crippen molar-refractivity contribution < 1.29 is 69.8 Å². The van der Waals surface area contributed by atoms with Crippen molar-refractivity contribution in [3.63, 3.8) is 0 Å². The third-order valence-electron chi connectivity index (χ3n) is 5.02. The Bertz CT molecular complexity index is 1070. The van der Waals surface area contributed by atoms with Crippen LogP contribution in [0.25, 0.3) is 0 Å². The van der Waals surface area contributed by atoms with Crippen molar-refractivity contribution >= 4 is 11.9 Å². The molecule has 0 radical (unpaired) electrons. The number of aromatic hydroxyl groups is 6. The Balaban J connectivity index is 1.63. The Morgan fingerprint density at radius 2 is 1.21 bits per heavy atom. The summed E-state index contributed by atoms with van der Waals surface area (Å²) in [6, 6.07) is 3.13. The van der Waals surface area contributed by atoms with Crippen molar-refractivity contribution in [1.29, 1.82) is 0 Å². The van der Waals surface area contributed by atoms with Gasteiger partial charge in [-0.15, -0.1) is 0 Å². The number of hydrogen-bond acceptors (Lipinski definition) is 14. The van der Waals surface area contributed by atoms with E-state index in [1.807, 2.05) is 0 Å². The van der Waals surface area contributed by atoms with Crippen LogP contribution < -0.4 is 0 Å². The van der Waals surface area contributed by atoms with Crippen LogP contribution in [0.15, 0.2) is 24.3 Å². The fourth-order valence-electron chi connectivity index (χ4n) is 3.06. The molecule has 14 nitrogen and oxygen atoms in total. The van der Waals surface area contributed by atoms with Gasteiger partial charge in [0, 0.05) is 0 Å². The van der Waals surface area contributed by atoms with E-state index >= 15 is 0 Å². The highest BCUT2D eigenvalue weighted by Gasteiger charge is 2.56. The topological polar surface area (TPSA) is 244 Å². The van der Waals surface area contributed by atoms with Crippen molar-refractivity contribution in [3.05, 3.63) is 35.4 Å². The lowest BCUT2D eigenvalue weighted by molar-refractivity contribution is -0.191. The van der Waals surface area contributed by atoms with Gasteiger partial charge < -0.3 is 60.2 Å². The maximum atomic E-state index is 12.1. The number of aliphatic hydroxyl groups excluding tert-OH is 2. The van der Waals surface area contributed by atoms with Gasteiger partial charge in [-0.25, -0.2) is 9.59 Å². The highest BCUT2D eigenvalue weighted by molar-refractivity contribution is 5.91.